The molecular weight excluding hydrogens is 282 g/mol. The number of rotatable bonds is 4. The van der Waals surface area contributed by atoms with Crippen LogP contribution >= 0.6 is 0 Å². The number of furan rings is 1. The van der Waals surface area contributed by atoms with Gasteiger partial charge >= 0.3 is 0 Å². The Morgan fingerprint density at radius 2 is 1.91 bits per heavy atom. The SMILES string of the molecule is O=C(CN1CCN(C(=O)c2ccccn2)CC1)c1ccco1. The van der Waals surface area contributed by atoms with Gasteiger partial charge in [0.1, 0.15) is 5.69 Å². The van der Waals surface area contributed by atoms with E-state index in [2.05, 4.69) is 4.98 Å². The van der Waals surface area contributed by atoms with Crippen molar-refractivity contribution in [2.24, 2.45) is 0 Å². The molecule has 0 spiro atoms. The van der Waals surface area contributed by atoms with Gasteiger partial charge in [0.2, 0.25) is 5.78 Å². The van der Waals surface area contributed by atoms with Gasteiger partial charge in [-0.05, 0) is 24.3 Å². The summed E-state index contributed by atoms with van der Waals surface area (Å²) >= 11 is 0. The normalized spacial score (nSPS) is 15.7. The smallest absolute Gasteiger partial charge is 0.272 e. The second-order valence-electron chi connectivity index (χ2n) is 5.18. The van der Waals surface area contributed by atoms with Gasteiger partial charge in [0.05, 0.1) is 12.8 Å². The van der Waals surface area contributed by atoms with Crippen LogP contribution in [0.25, 0.3) is 0 Å². The molecule has 0 aromatic carbocycles. The minimum absolute atomic E-state index is 0.0329. The largest absolute Gasteiger partial charge is 0.461 e. The molecule has 2 aromatic heterocycles. The Kier molecular flexibility index (Phi) is 4.29. The van der Waals surface area contributed by atoms with E-state index >= 15 is 0 Å². The molecule has 1 amide bonds. The minimum Gasteiger partial charge on any atom is -0.461 e. The lowest BCUT2D eigenvalue weighted by Crippen LogP contribution is -2.50. The highest BCUT2D eigenvalue weighted by Crippen LogP contribution is 2.09. The fraction of sp³-hybridized carbons (Fsp3) is 0.312. The number of carbonyl (C=O) groups excluding carboxylic acids is 2. The zero-order valence-corrected chi connectivity index (χ0v) is 12.1. The first-order valence-electron chi connectivity index (χ1n) is 7.23. The topological polar surface area (TPSA) is 66.7 Å². The van der Waals surface area contributed by atoms with Crippen LogP contribution in [0, 0.1) is 0 Å². The zero-order valence-electron chi connectivity index (χ0n) is 12.1. The van der Waals surface area contributed by atoms with E-state index in [1.165, 1.54) is 6.26 Å². The number of hydrogen-bond acceptors (Lipinski definition) is 5. The predicted molar refractivity (Wildman–Crippen MR) is 79.6 cm³/mol. The maximum absolute atomic E-state index is 12.3. The molecule has 1 saturated heterocycles. The molecule has 0 aliphatic carbocycles. The van der Waals surface area contributed by atoms with Crippen molar-refractivity contribution in [1.82, 2.24) is 14.8 Å². The third-order valence-corrected chi connectivity index (χ3v) is 3.71. The first-order valence-corrected chi connectivity index (χ1v) is 7.23. The molecule has 114 valence electrons. The average Bonchev–Trinajstić information content (AvgIpc) is 3.10. The van der Waals surface area contributed by atoms with E-state index in [1.54, 1.807) is 41.4 Å². The van der Waals surface area contributed by atoms with Gasteiger partial charge in [-0.25, -0.2) is 0 Å². The summed E-state index contributed by atoms with van der Waals surface area (Å²) in [5.41, 5.74) is 0.461. The summed E-state index contributed by atoms with van der Waals surface area (Å²) in [5, 5.41) is 0. The summed E-state index contributed by atoms with van der Waals surface area (Å²) in [6.07, 6.45) is 3.11. The Morgan fingerprint density at radius 3 is 2.55 bits per heavy atom. The van der Waals surface area contributed by atoms with Gasteiger partial charge < -0.3 is 9.32 Å². The first-order chi connectivity index (χ1) is 10.7. The molecule has 0 N–H and O–H groups in total. The van der Waals surface area contributed by atoms with Crippen LogP contribution in [0.4, 0.5) is 0 Å². The van der Waals surface area contributed by atoms with E-state index in [-0.39, 0.29) is 11.7 Å². The van der Waals surface area contributed by atoms with Gasteiger partial charge in [-0.2, -0.15) is 0 Å². The van der Waals surface area contributed by atoms with Crippen molar-refractivity contribution in [3.63, 3.8) is 0 Å². The predicted octanol–water partition coefficient (Wildman–Crippen LogP) is 1.32. The molecule has 2 aromatic rings. The number of piperazine rings is 1. The van der Waals surface area contributed by atoms with Gasteiger partial charge in [-0.3, -0.25) is 19.5 Å². The van der Waals surface area contributed by atoms with E-state index in [0.29, 0.717) is 44.2 Å². The molecule has 6 heteroatoms. The summed E-state index contributed by atoms with van der Waals surface area (Å²) < 4.78 is 5.11. The molecule has 0 unspecified atom stereocenters. The lowest BCUT2D eigenvalue weighted by atomic mass is 10.2. The number of Topliss-reactive ketones (excluding diaryl/α,β-unsaturated/α-hetero) is 1. The van der Waals surface area contributed by atoms with Crippen molar-refractivity contribution in [2.75, 3.05) is 32.7 Å². The molecule has 0 saturated carbocycles. The van der Waals surface area contributed by atoms with Crippen LogP contribution in [0.3, 0.4) is 0 Å². The summed E-state index contributed by atoms with van der Waals surface area (Å²) in [4.78, 5) is 32.2. The molecule has 1 aliphatic heterocycles. The van der Waals surface area contributed by atoms with Crippen LogP contribution in [0.2, 0.25) is 0 Å². The van der Waals surface area contributed by atoms with Gasteiger partial charge in [-0.1, -0.05) is 6.07 Å². The van der Waals surface area contributed by atoms with E-state index in [0.717, 1.165) is 0 Å². The van der Waals surface area contributed by atoms with E-state index in [4.69, 9.17) is 4.42 Å². The fourth-order valence-electron chi connectivity index (χ4n) is 2.48. The Balaban J connectivity index is 1.52. The van der Waals surface area contributed by atoms with Gasteiger partial charge in [0.15, 0.2) is 5.76 Å². The number of carbonyl (C=O) groups is 2. The van der Waals surface area contributed by atoms with Gasteiger partial charge in [-0.15, -0.1) is 0 Å². The molecule has 1 fully saturated rings. The monoisotopic (exact) mass is 299 g/mol. The van der Waals surface area contributed by atoms with Crippen molar-refractivity contribution >= 4 is 11.7 Å². The second-order valence-corrected chi connectivity index (χ2v) is 5.18. The molecule has 0 radical (unpaired) electrons. The Morgan fingerprint density at radius 1 is 1.09 bits per heavy atom. The van der Waals surface area contributed by atoms with E-state index in [1.807, 2.05) is 4.90 Å². The Labute approximate surface area is 128 Å². The summed E-state index contributed by atoms with van der Waals surface area (Å²) in [7, 11) is 0. The lowest BCUT2D eigenvalue weighted by molar-refractivity contribution is 0.0615. The average molecular weight is 299 g/mol. The molecule has 1 aliphatic rings. The fourth-order valence-corrected chi connectivity index (χ4v) is 2.48. The second kappa shape index (κ2) is 6.53. The Bertz CT molecular complexity index is 632. The molecule has 3 heterocycles. The number of nitrogens with zero attached hydrogens (tertiary/aromatic N) is 3. The highest BCUT2D eigenvalue weighted by Gasteiger charge is 2.24. The standard InChI is InChI=1S/C16H17N3O3/c20-14(15-5-3-11-22-15)12-18-7-9-19(10-8-18)16(21)13-4-1-2-6-17-13/h1-6,11H,7-10,12H2. The van der Waals surface area contributed by atoms with Gasteiger partial charge in [0.25, 0.3) is 5.91 Å². The summed E-state index contributed by atoms with van der Waals surface area (Å²) in [5.74, 6) is 0.291. The highest BCUT2D eigenvalue weighted by molar-refractivity contribution is 5.95. The van der Waals surface area contributed by atoms with Crippen LogP contribution in [-0.2, 0) is 0 Å². The number of pyridine rings is 1. The maximum Gasteiger partial charge on any atom is 0.272 e. The minimum atomic E-state index is -0.0578. The highest BCUT2D eigenvalue weighted by atomic mass is 16.3. The van der Waals surface area contributed by atoms with Crippen molar-refractivity contribution in [1.29, 1.82) is 0 Å². The summed E-state index contributed by atoms with van der Waals surface area (Å²) in [6, 6.07) is 8.68. The molecule has 22 heavy (non-hydrogen) atoms. The van der Waals surface area contributed by atoms with Crippen molar-refractivity contribution in [3.05, 3.63) is 54.2 Å². The van der Waals surface area contributed by atoms with Crippen LogP contribution < -0.4 is 0 Å². The van der Waals surface area contributed by atoms with Crippen LogP contribution in [-0.4, -0.2) is 59.2 Å². The molecule has 6 nitrogen and oxygen atoms in total. The Hall–Kier alpha value is -2.47. The van der Waals surface area contributed by atoms with E-state index in [9.17, 15) is 9.59 Å². The lowest BCUT2D eigenvalue weighted by Gasteiger charge is -2.34. The van der Waals surface area contributed by atoms with Crippen LogP contribution in [0.5, 0.6) is 0 Å². The maximum atomic E-state index is 12.3. The number of amides is 1. The summed E-state index contributed by atoms with van der Waals surface area (Å²) in [6.45, 7) is 2.86. The third-order valence-electron chi connectivity index (χ3n) is 3.71. The number of hydrogen-bond donors (Lipinski definition) is 0. The van der Waals surface area contributed by atoms with Crippen molar-refractivity contribution in [3.8, 4) is 0 Å². The van der Waals surface area contributed by atoms with Crippen molar-refractivity contribution in [2.45, 2.75) is 0 Å². The quantitative estimate of drug-likeness (QED) is 0.797. The molecule has 0 bridgehead atoms. The van der Waals surface area contributed by atoms with Crippen molar-refractivity contribution < 1.29 is 14.0 Å². The van der Waals surface area contributed by atoms with Crippen LogP contribution in [0.1, 0.15) is 21.0 Å². The zero-order chi connectivity index (χ0) is 15.4. The first kappa shape index (κ1) is 14.5. The third kappa shape index (κ3) is 3.23. The van der Waals surface area contributed by atoms with Gasteiger partial charge in [0, 0.05) is 32.4 Å². The number of ketones is 1. The molecule has 0 atom stereocenters. The van der Waals surface area contributed by atoms with E-state index < -0.39 is 0 Å². The molecule has 3 rings (SSSR count). The number of aromatic nitrogens is 1. The molecular formula is C16H17N3O3. The van der Waals surface area contributed by atoms with Crippen LogP contribution in [0.15, 0.2) is 47.2 Å².